The van der Waals surface area contributed by atoms with E-state index in [1.165, 1.54) is 17.9 Å². The van der Waals surface area contributed by atoms with E-state index in [1.54, 1.807) is 4.90 Å². The molecule has 1 unspecified atom stereocenters. The molecule has 1 amide bonds. The van der Waals surface area contributed by atoms with Gasteiger partial charge in [0, 0.05) is 32.0 Å². The Balaban J connectivity index is 1.95. The minimum absolute atomic E-state index is 0.0758. The van der Waals surface area contributed by atoms with Crippen molar-refractivity contribution in [3.05, 3.63) is 41.5 Å². The number of carbonyl (C=O) groups is 2. The second-order valence-corrected chi connectivity index (χ2v) is 5.14. The number of hydrogen-bond acceptors (Lipinski definition) is 3. The highest BCUT2D eigenvalue weighted by Gasteiger charge is 2.31. The maximum absolute atomic E-state index is 12.7. The van der Waals surface area contributed by atoms with Crippen LogP contribution in [-0.2, 0) is 13.6 Å². The van der Waals surface area contributed by atoms with Crippen molar-refractivity contribution in [2.24, 2.45) is 7.05 Å². The van der Waals surface area contributed by atoms with Gasteiger partial charge in [0.1, 0.15) is 0 Å². The predicted octanol–water partition coefficient (Wildman–Crippen LogP) is 1.14. The molecule has 110 valence electrons. The number of hydrogen-bond donors (Lipinski definition) is 1. The fraction of sp³-hybridized carbons (Fsp3) is 0.357. The molecule has 0 bridgehead atoms. The maximum Gasteiger partial charge on any atom is 0.354 e. The van der Waals surface area contributed by atoms with Crippen molar-refractivity contribution in [1.29, 1.82) is 0 Å². The van der Waals surface area contributed by atoms with E-state index in [1.807, 2.05) is 25.3 Å². The molecule has 0 fully saturated rings. The topological polar surface area (TPSA) is 80.4 Å². The molecule has 1 atom stereocenters. The lowest BCUT2D eigenvalue weighted by molar-refractivity contribution is 0.0616. The molecule has 0 aromatic carbocycles. The van der Waals surface area contributed by atoms with Crippen LogP contribution in [0.25, 0.3) is 0 Å². The summed E-state index contributed by atoms with van der Waals surface area (Å²) in [6.45, 7) is 3.20. The number of aromatic carboxylic acids is 1. The van der Waals surface area contributed by atoms with Gasteiger partial charge in [0.05, 0.1) is 17.8 Å². The molecule has 1 aliphatic heterocycles. The van der Waals surface area contributed by atoms with Crippen molar-refractivity contribution in [2.45, 2.75) is 19.5 Å². The molecule has 7 heteroatoms. The minimum Gasteiger partial charge on any atom is -0.477 e. The molecular formula is C14H16N4O3. The standard InChI is InChI=1S/C14H16N4O3/c1-9-11-4-3-5-17(11)6-7-18(9)13(19)10-8-15-16(2)12(10)14(20)21/h3-5,8-9H,6-7H2,1-2H3,(H,20,21). The summed E-state index contributed by atoms with van der Waals surface area (Å²) in [5, 5.41) is 13.1. The largest absolute Gasteiger partial charge is 0.477 e. The summed E-state index contributed by atoms with van der Waals surface area (Å²) in [7, 11) is 1.52. The zero-order chi connectivity index (χ0) is 15.1. The molecule has 3 heterocycles. The Morgan fingerprint density at radius 2 is 2.14 bits per heavy atom. The van der Waals surface area contributed by atoms with Gasteiger partial charge in [0.25, 0.3) is 5.91 Å². The minimum atomic E-state index is -1.15. The molecule has 3 rings (SSSR count). The number of carboxylic acids is 1. The third-order valence-electron chi connectivity index (χ3n) is 3.97. The van der Waals surface area contributed by atoms with Gasteiger partial charge in [-0.3, -0.25) is 9.48 Å². The van der Waals surface area contributed by atoms with E-state index in [2.05, 4.69) is 9.67 Å². The number of aryl methyl sites for hydroxylation is 1. The summed E-state index contributed by atoms with van der Waals surface area (Å²) in [4.78, 5) is 25.7. The summed E-state index contributed by atoms with van der Waals surface area (Å²) in [6, 6.07) is 3.83. The lowest BCUT2D eigenvalue weighted by Gasteiger charge is -2.34. The van der Waals surface area contributed by atoms with Crippen LogP contribution >= 0.6 is 0 Å². The first kappa shape index (κ1) is 13.4. The Kier molecular flexibility index (Phi) is 3.04. The van der Waals surface area contributed by atoms with E-state index in [9.17, 15) is 14.7 Å². The Hall–Kier alpha value is -2.57. The van der Waals surface area contributed by atoms with Crippen LogP contribution in [0.1, 0.15) is 39.5 Å². The third-order valence-corrected chi connectivity index (χ3v) is 3.97. The molecule has 21 heavy (non-hydrogen) atoms. The van der Waals surface area contributed by atoms with Gasteiger partial charge >= 0.3 is 5.97 Å². The summed E-state index contributed by atoms with van der Waals surface area (Å²) < 4.78 is 3.32. The molecule has 0 spiro atoms. The van der Waals surface area contributed by atoms with Crippen LogP contribution in [0.4, 0.5) is 0 Å². The molecule has 2 aromatic heterocycles. The normalized spacial score (nSPS) is 17.6. The van der Waals surface area contributed by atoms with E-state index in [0.717, 1.165) is 5.69 Å². The van der Waals surface area contributed by atoms with Gasteiger partial charge in [-0.05, 0) is 19.1 Å². The first-order chi connectivity index (χ1) is 10.0. The number of nitrogens with zero attached hydrogens (tertiary/aromatic N) is 4. The van der Waals surface area contributed by atoms with Gasteiger partial charge < -0.3 is 14.6 Å². The summed E-state index contributed by atoms with van der Waals surface area (Å²) >= 11 is 0. The number of aromatic nitrogens is 3. The molecule has 1 N–H and O–H groups in total. The fourth-order valence-electron chi connectivity index (χ4n) is 2.86. The average Bonchev–Trinajstić information content (AvgIpc) is 3.05. The van der Waals surface area contributed by atoms with E-state index >= 15 is 0 Å². The van der Waals surface area contributed by atoms with E-state index in [-0.39, 0.29) is 23.2 Å². The molecule has 0 aliphatic carbocycles. The fourth-order valence-corrected chi connectivity index (χ4v) is 2.86. The van der Waals surface area contributed by atoms with Gasteiger partial charge in [-0.2, -0.15) is 5.10 Å². The van der Waals surface area contributed by atoms with Gasteiger partial charge in [0.2, 0.25) is 0 Å². The maximum atomic E-state index is 12.7. The van der Waals surface area contributed by atoms with E-state index in [0.29, 0.717) is 13.1 Å². The van der Waals surface area contributed by atoms with Crippen molar-refractivity contribution in [2.75, 3.05) is 6.54 Å². The van der Waals surface area contributed by atoms with E-state index in [4.69, 9.17) is 0 Å². The van der Waals surface area contributed by atoms with Crippen LogP contribution in [0.3, 0.4) is 0 Å². The summed E-state index contributed by atoms with van der Waals surface area (Å²) in [6.07, 6.45) is 3.31. The summed E-state index contributed by atoms with van der Waals surface area (Å²) in [5.41, 5.74) is 1.11. The van der Waals surface area contributed by atoms with Gasteiger partial charge in [-0.1, -0.05) is 0 Å². The zero-order valence-electron chi connectivity index (χ0n) is 11.9. The van der Waals surface area contributed by atoms with Gasteiger partial charge in [0.15, 0.2) is 5.69 Å². The number of rotatable bonds is 2. The van der Waals surface area contributed by atoms with Crippen LogP contribution in [-0.4, -0.2) is 42.8 Å². The molecule has 0 saturated carbocycles. The highest BCUT2D eigenvalue weighted by atomic mass is 16.4. The Morgan fingerprint density at radius 1 is 1.38 bits per heavy atom. The SMILES string of the molecule is CC1c2cccn2CCN1C(=O)c1cnn(C)c1C(=O)O. The lowest BCUT2D eigenvalue weighted by atomic mass is 10.1. The van der Waals surface area contributed by atoms with Gasteiger partial charge in [-0.25, -0.2) is 4.79 Å². The monoisotopic (exact) mass is 288 g/mol. The molecule has 0 saturated heterocycles. The molecule has 2 aromatic rings. The number of fused-ring (bicyclic) bond motifs is 1. The van der Waals surface area contributed by atoms with E-state index < -0.39 is 5.97 Å². The van der Waals surface area contributed by atoms with Crippen LogP contribution < -0.4 is 0 Å². The lowest BCUT2D eigenvalue weighted by Crippen LogP contribution is -2.41. The van der Waals surface area contributed by atoms with Crippen molar-refractivity contribution in [3.63, 3.8) is 0 Å². The molecular weight excluding hydrogens is 272 g/mol. The average molecular weight is 288 g/mol. The van der Waals surface area contributed by atoms with Crippen molar-refractivity contribution in [3.8, 4) is 0 Å². The van der Waals surface area contributed by atoms with Gasteiger partial charge in [-0.15, -0.1) is 0 Å². The van der Waals surface area contributed by atoms with Crippen molar-refractivity contribution >= 4 is 11.9 Å². The molecule has 7 nitrogen and oxygen atoms in total. The van der Waals surface area contributed by atoms with Crippen LogP contribution in [0.5, 0.6) is 0 Å². The Morgan fingerprint density at radius 3 is 2.86 bits per heavy atom. The number of amides is 1. The smallest absolute Gasteiger partial charge is 0.354 e. The Bertz CT molecular complexity index is 716. The van der Waals surface area contributed by atoms with Crippen LogP contribution in [0, 0.1) is 0 Å². The zero-order valence-corrected chi connectivity index (χ0v) is 11.9. The highest BCUT2D eigenvalue weighted by molar-refractivity contribution is 6.03. The number of carboxylic acid groups (broad SMARTS) is 1. The van der Waals surface area contributed by atoms with Crippen molar-refractivity contribution < 1.29 is 14.7 Å². The first-order valence-electron chi connectivity index (χ1n) is 6.72. The number of carbonyl (C=O) groups excluding carboxylic acids is 1. The second-order valence-electron chi connectivity index (χ2n) is 5.14. The third kappa shape index (κ3) is 2.01. The van der Waals surface area contributed by atoms with Crippen LogP contribution in [0.15, 0.2) is 24.5 Å². The first-order valence-corrected chi connectivity index (χ1v) is 6.72. The predicted molar refractivity (Wildman–Crippen MR) is 74.1 cm³/mol. The highest BCUT2D eigenvalue weighted by Crippen LogP contribution is 2.27. The van der Waals surface area contributed by atoms with Crippen LogP contribution in [0.2, 0.25) is 0 Å². The molecule has 1 aliphatic rings. The van der Waals surface area contributed by atoms with Crippen molar-refractivity contribution in [1.82, 2.24) is 19.2 Å². The quantitative estimate of drug-likeness (QED) is 0.898. The summed E-state index contributed by atoms with van der Waals surface area (Å²) in [5.74, 6) is -1.44. The molecule has 0 radical (unpaired) electrons. The Labute approximate surface area is 121 Å². The second kappa shape index (κ2) is 4.76.